The summed E-state index contributed by atoms with van der Waals surface area (Å²) in [6.45, 7) is -0.267. The van der Waals surface area contributed by atoms with Crippen molar-refractivity contribution in [2.75, 3.05) is 12.3 Å². The van der Waals surface area contributed by atoms with Crippen LogP contribution < -0.4 is 15.3 Å². The summed E-state index contributed by atoms with van der Waals surface area (Å²) in [5.41, 5.74) is 2.99. The van der Waals surface area contributed by atoms with E-state index in [-0.39, 0.29) is 22.7 Å². The number of hydrogen-bond acceptors (Lipinski definition) is 11. The summed E-state index contributed by atoms with van der Waals surface area (Å²) in [5.74, 6) is -0.502. The minimum atomic E-state index is -3.90. The van der Waals surface area contributed by atoms with E-state index in [4.69, 9.17) is 36.1 Å². The zero-order valence-corrected chi connectivity index (χ0v) is 25.4. The van der Waals surface area contributed by atoms with Crippen molar-refractivity contribution in [2.45, 2.75) is 63.4 Å². The van der Waals surface area contributed by atoms with Crippen LogP contribution in [0.1, 0.15) is 27.0 Å². The van der Waals surface area contributed by atoms with Crippen LogP contribution in [0, 0.1) is 0 Å². The first-order valence-electron chi connectivity index (χ1n) is 13.5. The number of esters is 1. The fraction of sp³-hybridized carbons (Fsp3) is 0.407. The highest BCUT2D eigenvalue weighted by molar-refractivity contribution is 8.09. The quantitative estimate of drug-likeness (QED) is 0.158. The summed E-state index contributed by atoms with van der Waals surface area (Å²) >= 11 is 5.67. The molecule has 2 aromatic carbocycles. The number of aromatic nitrogens is 4. The summed E-state index contributed by atoms with van der Waals surface area (Å²) in [6, 6.07) is 11.3. The van der Waals surface area contributed by atoms with Crippen LogP contribution in [0.15, 0.2) is 55.1 Å². The average Bonchev–Trinajstić information content (AvgIpc) is 3.51. The van der Waals surface area contributed by atoms with Crippen molar-refractivity contribution in [3.63, 3.8) is 0 Å². The van der Waals surface area contributed by atoms with Gasteiger partial charge in [-0.3, -0.25) is 9.36 Å². The van der Waals surface area contributed by atoms with E-state index in [1.807, 2.05) is 24.3 Å². The van der Waals surface area contributed by atoms with Crippen molar-refractivity contribution < 1.29 is 41.6 Å². The number of nitrogens with one attached hydrogen (secondary N) is 1. The van der Waals surface area contributed by atoms with Gasteiger partial charge in [0.15, 0.2) is 29.5 Å². The third kappa shape index (κ3) is 6.23. The lowest BCUT2D eigenvalue weighted by molar-refractivity contribution is -0.191. The third-order valence-corrected chi connectivity index (χ3v) is 9.39. The largest absolute Gasteiger partial charge is 0.462 e. The van der Waals surface area contributed by atoms with E-state index < -0.39 is 61.9 Å². The number of fused-ring (bicyclic) bond motifs is 2. The lowest BCUT2D eigenvalue weighted by Crippen LogP contribution is -2.52. The molecule has 17 heteroatoms. The maximum absolute atomic E-state index is 15.6. The number of carbonyl (C=O) groups is 1. The number of aliphatic hydroxyl groups is 1. The van der Waals surface area contributed by atoms with Crippen LogP contribution in [-0.4, -0.2) is 73.6 Å². The van der Waals surface area contributed by atoms with Gasteiger partial charge in [-0.05, 0) is 55.5 Å². The fourth-order valence-corrected chi connectivity index (χ4v) is 7.09. The van der Waals surface area contributed by atoms with E-state index in [9.17, 15) is 18.7 Å². The fourth-order valence-electron chi connectivity index (χ4n) is 4.68. The first kappa shape index (κ1) is 32.0. The molecular weight excluding hydrogens is 624 g/mol. The van der Waals surface area contributed by atoms with Crippen LogP contribution in [0.3, 0.4) is 0 Å². The molecule has 12 nitrogen and oxygen atoms in total. The Kier molecular flexibility index (Phi) is 9.12. The molecule has 1 aliphatic rings. The maximum atomic E-state index is 15.6. The number of rotatable bonds is 11. The van der Waals surface area contributed by atoms with E-state index >= 15 is 4.39 Å². The molecule has 1 saturated heterocycles. The molecule has 44 heavy (non-hydrogen) atoms. The van der Waals surface area contributed by atoms with Crippen molar-refractivity contribution in [3.05, 3.63) is 55.1 Å². The van der Waals surface area contributed by atoms with Crippen LogP contribution in [0.5, 0.6) is 5.75 Å². The Balaban J connectivity index is 1.45. The SMILES string of the molecule is CC(C)OC(=O)[C@H](C)NP(=S)(OC[C@@]1(C(F)F)O[C@@H](n2cnc3c(N)ncnc32)[C@H](F)[C@@H]1O)Oc1ccc2ccccc2c1. The van der Waals surface area contributed by atoms with Crippen molar-refractivity contribution in [3.8, 4) is 5.75 Å². The van der Waals surface area contributed by atoms with Crippen molar-refractivity contribution in [1.82, 2.24) is 24.6 Å². The van der Waals surface area contributed by atoms with Crippen molar-refractivity contribution >= 4 is 52.2 Å². The Hall–Kier alpha value is -3.40. The molecule has 2 aromatic heterocycles. The molecule has 0 amide bonds. The third-order valence-electron chi connectivity index (χ3n) is 6.91. The lowest BCUT2D eigenvalue weighted by Gasteiger charge is -2.34. The first-order valence-corrected chi connectivity index (χ1v) is 16.1. The molecule has 6 atom stereocenters. The van der Waals surface area contributed by atoms with Gasteiger partial charge in [-0.1, -0.05) is 30.3 Å². The molecule has 236 valence electrons. The van der Waals surface area contributed by atoms with Crippen LogP contribution in [-0.2, 0) is 30.6 Å². The minimum absolute atomic E-state index is 0.00671. The normalized spacial score (nSPS) is 24.2. The van der Waals surface area contributed by atoms with E-state index in [0.717, 1.165) is 28.0 Å². The number of aliphatic hydroxyl groups excluding tert-OH is 1. The van der Waals surface area contributed by atoms with Gasteiger partial charge in [0, 0.05) is 0 Å². The zero-order valence-electron chi connectivity index (χ0n) is 23.7. The molecule has 0 bridgehead atoms. The highest BCUT2D eigenvalue weighted by Crippen LogP contribution is 2.50. The van der Waals surface area contributed by atoms with E-state index in [1.165, 1.54) is 6.92 Å². The average molecular weight is 655 g/mol. The van der Waals surface area contributed by atoms with Crippen LogP contribution in [0.2, 0.25) is 0 Å². The number of imidazole rings is 1. The Bertz CT molecular complexity index is 1720. The van der Waals surface area contributed by atoms with Gasteiger partial charge in [-0.25, -0.2) is 33.2 Å². The predicted molar refractivity (Wildman–Crippen MR) is 158 cm³/mol. The summed E-state index contributed by atoms with van der Waals surface area (Å²) in [4.78, 5) is 24.4. The number of benzene rings is 2. The summed E-state index contributed by atoms with van der Waals surface area (Å²) in [7, 11) is 0. The molecule has 0 saturated carbocycles. The number of anilines is 1. The number of halogens is 3. The van der Waals surface area contributed by atoms with Gasteiger partial charge < -0.3 is 29.4 Å². The Morgan fingerprint density at radius 2 is 1.93 bits per heavy atom. The summed E-state index contributed by atoms with van der Waals surface area (Å²) in [6.07, 6.45) is -8.25. The van der Waals surface area contributed by atoms with Gasteiger partial charge in [0.1, 0.15) is 29.7 Å². The molecule has 0 spiro atoms. The molecule has 1 fully saturated rings. The molecule has 4 N–H and O–H groups in total. The van der Waals surface area contributed by atoms with Crippen LogP contribution >= 0.6 is 6.64 Å². The monoisotopic (exact) mass is 654 g/mol. The Morgan fingerprint density at radius 3 is 2.64 bits per heavy atom. The van der Waals surface area contributed by atoms with Crippen molar-refractivity contribution in [1.29, 1.82) is 0 Å². The number of hydrogen-bond donors (Lipinski definition) is 3. The van der Waals surface area contributed by atoms with Crippen LogP contribution in [0.25, 0.3) is 21.9 Å². The highest BCUT2D eigenvalue weighted by Gasteiger charge is 2.62. The van der Waals surface area contributed by atoms with Gasteiger partial charge in [0.2, 0.25) is 0 Å². The zero-order chi connectivity index (χ0) is 31.8. The van der Waals surface area contributed by atoms with E-state index in [0.29, 0.717) is 0 Å². The molecular formula is C27H30F3N6O6PS. The van der Waals surface area contributed by atoms with Crippen molar-refractivity contribution in [2.24, 2.45) is 0 Å². The number of nitrogens with two attached hydrogens (primary N) is 1. The molecule has 3 heterocycles. The number of ether oxygens (including phenoxy) is 2. The minimum Gasteiger partial charge on any atom is -0.462 e. The number of carbonyl (C=O) groups excluding carboxylic acids is 1. The molecule has 0 aliphatic carbocycles. The number of nitrogen functional groups attached to an aromatic ring is 1. The standard InChI is InChI=1S/C27H30F3N6O6PS/c1-14(2)40-25(38)15(3)35-43(44,42-18-9-8-16-6-4-5-7-17(16)10-18)39-11-27(26(29)30)21(37)19(28)24(41-27)36-13-34-20-22(31)32-12-33-23(20)36/h4-10,12-15,19,21,24,26,37H,11H2,1-3H3,(H,35,44)(H2,31,32,33)/t15-,19+,21-,24+,27+,43?/m0/s1. The summed E-state index contributed by atoms with van der Waals surface area (Å²) in [5, 5.41) is 15.3. The smallest absolute Gasteiger partial charge is 0.323 e. The van der Waals surface area contributed by atoms with E-state index in [2.05, 4.69) is 20.0 Å². The van der Waals surface area contributed by atoms with Gasteiger partial charge in [0.25, 0.3) is 6.43 Å². The van der Waals surface area contributed by atoms with Gasteiger partial charge in [-0.15, -0.1) is 0 Å². The predicted octanol–water partition coefficient (Wildman–Crippen LogP) is 4.04. The second-order valence-electron chi connectivity index (χ2n) is 10.4. The van der Waals surface area contributed by atoms with Gasteiger partial charge in [-0.2, -0.15) is 0 Å². The molecule has 4 aromatic rings. The first-order chi connectivity index (χ1) is 20.8. The van der Waals surface area contributed by atoms with Gasteiger partial charge in [0.05, 0.1) is 19.0 Å². The lowest BCUT2D eigenvalue weighted by atomic mass is 9.97. The number of nitrogens with zero attached hydrogens (tertiary/aromatic N) is 4. The molecule has 0 radical (unpaired) electrons. The second kappa shape index (κ2) is 12.5. The van der Waals surface area contributed by atoms with Gasteiger partial charge >= 0.3 is 12.6 Å². The maximum Gasteiger partial charge on any atom is 0.323 e. The topological polar surface area (TPSA) is 156 Å². The Labute approximate surface area is 254 Å². The highest BCUT2D eigenvalue weighted by atomic mass is 32.5. The van der Waals surface area contributed by atoms with E-state index in [1.54, 1.807) is 32.0 Å². The Morgan fingerprint density at radius 1 is 1.20 bits per heavy atom. The second-order valence-corrected chi connectivity index (χ2v) is 13.6. The summed E-state index contributed by atoms with van der Waals surface area (Å²) < 4.78 is 68.7. The number of alkyl halides is 3. The molecule has 5 rings (SSSR count). The van der Waals surface area contributed by atoms with Crippen LogP contribution in [0.4, 0.5) is 19.0 Å². The molecule has 1 unspecified atom stereocenters. The molecule has 1 aliphatic heterocycles.